The first-order valence-corrected chi connectivity index (χ1v) is 7.83. The molecule has 6 heteroatoms. The quantitative estimate of drug-likeness (QED) is 0.933. The third kappa shape index (κ3) is 4.02. The number of ether oxygens (including phenoxy) is 2. The Labute approximate surface area is 140 Å². The van der Waals surface area contributed by atoms with Crippen molar-refractivity contribution in [3.8, 4) is 0 Å². The zero-order chi connectivity index (χ0) is 16.8. The van der Waals surface area contributed by atoms with E-state index in [1.54, 1.807) is 12.1 Å². The third-order valence-corrected chi connectivity index (χ3v) is 3.76. The van der Waals surface area contributed by atoms with Gasteiger partial charge in [0.15, 0.2) is 0 Å². The highest BCUT2D eigenvalue weighted by Crippen LogP contribution is 2.30. The van der Waals surface area contributed by atoms with Gasteiger partial charge in [-0.25, -0.2) is 9.18 Å². The first-order valence-electron chi connectivity index (χ1n) is 7.83. The summed E-state index contributed by atoms with van der Waals surface area (Å²) in [6, 6.07) is 14.0. The minimum atomic E-state index is -0.612. The van der Waals surface area contributed by atoms with Crippen molar-refractivity contribution in [3.05, 3.63) is 59.9 Å². The zero-order valence-corrected chi connectivity index (χ0v) is 13.2. The second-order valence-corrected chi connectivity index (χ2v) is 5.42. The van der Waals surface area contributed by atoms with Gasteiger partial charge in [0, 0.05) is 13.1 Å². The van der Waals surface area contributed by atoms with E-state index in [4.69, 9.17) is 9.47 Å². The van der Waals surface area contributed by atoms with Crippen molar-refractivity contribution in [2.45, 2.75) is 6.61 Å². The lowest BCUT2D eigenvalue weighted by Gasteiger charge is -2.30. The Morgan fingerprint density at radius 3 is 2.62 bits per heavy atom. The molecular weight excluding hydrogens is 311 g/mol. The Morgan fingerprint density at radius 2 is 1.88 bits per heavy atom. The smallest absolute Gasteiger partial charge is 0.412 e. The lowest BCUT2D eigenvalue weighted by molar-refractivity contribution is 0.122. The van der Waals surface area contributed by atoms with Crippen molar-refractivity contribution < 1.29 is 18.7 Å². The van der Waals surface area contributed by atoms with Crippen molar-refractivity contribution in [1.29, 1.82) is 0 Å². The Hall–Kier alpha value is -2.60. The molecule has 0 atom stereocenters. The topological polar surface area (TPSA) is 50.8 Å². The van der Waals surface area contributed by atoms with Gasteiger partial charge in [-0.3, -0.25) is 5.32 Å². The van der Waals surface area contributed by atoms with Crippen LogP contribution in [0.2, 0.25) is 0 Å². The molecule has 1 saturated heterocycles. The fourth-order valence-electron chi connectivity index (χ4n) is 2.59. The summed E-state index contributed by atoms with van der Waals surface area (Å²) in [6.45, 7) is 2.39. The monoisotopic (exact) mass is 330 g/mol. The third-order valence-electron chi connectivity index (χ3n) is 3.76. The molecule has 1 aliphatic rings. The fraction of sp³-hybridized carbons (Fsp3) is 0.278. The Kier molecular flexibility index (Phi) is 5.28. The molecular formula is C18H19FN2O3. The number of nitrogens with zero attached hydrogens (tertiary/aromatic N) is 1. The minimum absolute atomic E-state index is 0.162. The number of nitrogens with one attached hydrogen (secondary N) is 1. The lowest BCUT2D eigenvalue weighted by Crippen LogP contribution is -2.37. The van der Waals surface area contributed by atoms with Crippen LogP contribution in [0, 0.1) is 5.82 Å². The van der Waals surface area contributed by atoms with E-state index < -0.39 is 6.09 Å². The van der Waals surface area contributed by atoms with E-state index in [0.29, 0.717) is 37.7 Å². The summed E-state index contributed by atoms with van der Waals surface area (Å²) in [6.07, 6.45) is -0.612. The molecule has 0 bridgehead atoms. The van der Waals surface area contributed by atoms with Crippen molar-refractivity contribution in [2.75, 3.05) is 36.5 Å². The van der Waals surface area contributed by atoms with Crippen LogP contribution in [0.25, 0.3) is 0 Å². The van der Waals surface area contributed by atoms with Crippen LogP contribution in [0.4, 0.5) is 20.6 Å². The average Bonchev–Trinajstić information content (AvgIpc) is 2.62. The first-order chi connectivity index (χ1) is 11.7. The SMILES string of the molecule is O=C(Nc1cccc(F)c1N1CCOCC1)OCc1ccccc1. The van der Waals surface area contributed by atoms with E-state index in [2.05, 4.69) is 5.32 Å². The molecule has 0 saturated carbocycles. The molecule has 1 N–H and O–H groups in total. The molecule has 0 radical (unpaired) electrons. The molecule has 1 amide bonds. The van der Waals surface area contributed by atoms with Gasteiger partial charge in [-0.15, -0.1) is 0 Å². The number of halogens is 1. The summed E-state index contributed by atoms with van der Waals surface area (Å²) in [5.41, 5.74) is 1.66. The van der Waals surface area contributed by atoms with Crippen LogP contribution in [-0.4, -0.2) is 32.4 Å². The van der Waals surface area contributed by atoms with Crippen molar-refractivity contribution in [2.24, 2.45) is 0 Å². The van der Waals surface area contributed by atoms with E-state index in [1.165, 1.54) is 6.07 Å². The molecule has 2 aromatic carbocycles. The summed E-state index contributed by atoms with van der Waals surface area (Å²) in [5.74, 6) is -0.377. The molecule has 2 aromatic rings. The molecule has 1 aliphatic heterocycles. The number of anilines is 2. The lowest BCUT2D eigenvalue weighted by atomic mass is 10.2. The van der Waals surface area contributed by atoms with Gasteiger partial charge < -0.3 is 14.4 Å². The minimum Gasteiger partial charge on any atom is -0.444 e. The highest BCUT2D eigenvalue weighted by Gasteiger charge is 2.20. The molecule has 0 unspecified atom stereocenters. The molecule has 126 valence electrons. The van der Waals surface area contributed by atoms with Gasteiger partial charge in [0.1, 0.15) is 12.4 Å². The maximum atomic E-state index is 14.3. The van der Waals surface area contributed by atoms with Crippen LogP contribution < -0.4 is 10.2 Å². The number of rotatable bonds is 4. The predicted octanol–water partition coefficient (Wildman–Crippen LogP) is 3.41. The van der Waals surface area contributed by atoms with Crippen molar-refractivity contribution in [3.63, 3.8) is 0 Å². The van der Waals surface area contributed by atoms with Gasteiger partial charge in [-0.2, -0.15) is 0 Å². The van der Waals surface area contributed by atoms with E-state index in [9.17, 15) is 9.18 Å². The molecule has 3 rings (SSSR count). The van der Waals surface area contributed by atoms with E-state index in [-0.39, 0.29) is 12.4 Å². The Bertz CT molecular complexity index is 688. The van der Waals surface area contributed by atoms with E-state index >= 15 is 0 Å². The van der Waals surface area contributed by atoms with Crippen LogP contribution in [-0.2, 0) is 16.1 Å². The number of hydrogen-bond donors (Lipinski definition) is 1. The molecule has 1 heterocycles. The second-order valence-electron chi connectivity index (χ2n) is 5.42. The number of amides is 1. The summed E-state index contributed by atoms with van der Waals surface area (Å²) >= 11 is 0. The summed E-state index contributed by atoms with van der Waals surface area (Å²) in [4.78, 5) is 13.9. The molecule has 0 aromatic heterocycles. The number of carbonyl (C=O) groups excluding carboxylic acids is 1. The summed E-state index contributed by atoms with van der Waals surface area (Å²) < 4.78 is 24.8. The summed E-state index contributed by atoms with van der Waals surface area (Å²) in [7, 11) is 0. The molecule has 24 heavy (non-hydrogen) atoms. The van der Waals surface area contributed by atoms with Gasteiger partial charge in [0.25, 0.3) is 0 Å². The predicted molar refractivity (Wildman–Crippen MR) is 89.7 cm³/mol. The number of para-hydroxylation sites is 1. The Balaban J connectivity index is 1.67. The molecule has 5 nitrogen and oxygen atoms in total. The van der Waals surface area contributed by atoms with Crippen LogP contribution in [0.1, 0.15) is 5.56 Å². The van der Waals surface area contributed by atoms with Crippen LogP contribution in [0.3, 0.4) is 0 Å². The maximum Gasteiger partial charge on any atom is 0.412 e. The van der Waals surface area contributed by atoms with Gasteiger partial charge in [-0.1, -0.05) is 36.4 Å². The number of hydrogen-bond acceptors (Lipinski definition) is 4. The first kappa shape index (κ1) is 16.3. The average molecular weight is 330 g/mol. The largest absolute Gasteiger partial charge is 0.444 e. The van der Waals surface area contributed by atoms with Crippen LogP contribution in [0.5, 0.6) is 0 Å². The summed E-state index contributed by atoms with van der Waals surface area (Å²) in [5, 5.41) is 2.64. The number of benzene rings is 2. The van der Waals surface area contributed by atoms with Crippen LogP contribution >= 0.6 is 0 Å². The van der Waals surface area contributed by atoms with Crippen LogP contribution in [0.15, 0.2) is 48.5 Å². The van der Waals surface area contributed by atoms with Gasteiger partial charge >= 0.3 is 6.09 Å². The number of carbonyl (C=O) groups is 1. The second kappa shape index (κ2) is 7.79. The standard InChI is InChI=1S/C18H19FN2O3/c19-15-7-4-8-16(17(15)21-9-11-23-12-10-21)20-18(22)24-13-14-5-2-1-3-6-14/h1-8H,9-13H2,(H,20,22). The highest BCUT2D eigenvalue weighted by atomic mass is 19.1. The normalized spacial score (nSPS) is 14.3. The fourth-order valence-corrected chi connectivity index (χ4v) is 2.59. The molecule has 0 spiro atoms. The van der Waals surface area contributed by atoms with E-state index in [0.717, 1.165) is 5.56 Å². The van der Waals surface area contributed by atoms with Crippen molar-refractivity contribution in [1.82, 2.24) is 0 Å². The molecule has 0 aliphatic carbocycles. The van der Waals surface area contributed by atoms with Crippen molar-refractivity contribution >= 4 is 17.5 Å². The van der Waals surface area contributed by atoms with Gasteiger partial charge in [-0.05, 0) is 17.7 Å². The zero-order valence-electron chi connectivity index (χ0n) is 13.2. The van der Waals surface area contributed by atoms with Gasteiger partial charge in [0.2, 0.25) is 0 Å². The Morgan fingerprint density at radius 1 is 1.12 bits per heavy atom. The molecule has 1 fully saturated rings. The van der Waals surface area contributed by atoms with Gasteiger partial charge in [0.05, 0.1) is 24.6 Å². The maximum absolute atomic E-state index is 14.3. The van der Waals surface area contributed by atoms with E-state index in [1.807, 2.05) is 35.2 Å². The number of morpholine rings is 1. The highest BCUT2D eigenvalue weighted by molar-refractivity contribution is 5.89.